The zero-order chi connectivity index (χ0) is 22.9. The van der Waals surface area contributed by atoms with Gasteiger partial charge in [0.2, 0.25) is 0 Å². The molecule has 2 rings (SSSR count). The SMILES string of the molecule is CC(C#N)(COCc1ccc(F)c(F)c1)NC(=O)c1ccc(S(F)(F)(F)(F)F)cc1. The largest absolute Gasteiger partial charge is 0.373 e. The molecule has 4 nitrogen and oxygen atoms in total. The Morgan fingerprint density at radius 2 is 1.67 bits per heavy atom. The minimum absolute atomic E-state index is 0.0831. The fraction of sp³-hybridized carbons (Fsp3) is 0.222. The Kier molecular flexibility index (Phi) is 5.62. The summed E-state index contributed by atoms with van der Waals surface area (Å²) in [5.41, 5.74) is -1.77. The quantitative estimate of drug-likeness (QED) is 0.532. The highest BCUT2D eigenvalue weighted by Gasteiger charge is 2.65. The number of rotatable bonds is 7. The van der Waals surface area contributed by atoms with Gasteiger partial charge in [-0.25, -0.2) is 8.78 Å². The first-order chi connectivity index (χ1) is 13.5. The average Bonchev–Trinajstić information content (AvgIpc) is 2.63. The molecule has 0 aliphatic carbocycles. The van der Waals surface area contributed by atoms with E-state index in [1.165, 1.54) is 13.0 Å². The summed E-state index contributed by atoms with van der Waals surface area (Å²) in [7, 11) is -9.87. The molecule has 0 saturated carbocycles. The van der Waals surface area contributed by atoms with E-state index in [0.29, 0.717) is 12.1 Å². The number of nitriles is 1. The minimum Gasteiger partial charge on any atom is -0.373 e. The normalized spacial score (nSPS) is 16.0. The van der Waals surface area contributed by atoms with Gasteiger partial charge in [0.25, 0.3) is 5.91 Å². The fourth-order valence-corrected chi connectivity index (χ4v) is 2.94. The summed E-state index contributed by atoms with van der Waals surface area (Å²) in [6.07, 6.45) is 0. The molecule has 12 heteroatoms. The van der Waals surface area contributed by atoms with Crippen molar-refractivity contribution in [3.63, 3.8) is 0 Å². The van der Waals surface area contributed by atoms with Crippen molar-refractivity contribution in [2.75, 3.05) is 6.61 Å². The van der Waals surface area contributed by atoms with Crippen molar-refractivity contribution in [3.05, 3.63) is 65.2 Å². The lowest BCUT2D eigenvalue weighted by Gasteiger charge is -2.40. The van der Waals surface area contributed by atoms with Crippen LogP contribution in [0.3, 0.4) is 0 Å². The standard InChI is InChI=1S/C18H15F7N2O2S/c1-18(10-26,11-29-9-12-2-7-15(19)16(20)8-12)27-17(28)13-3-5-14(6-4-13)30(21,22,23,24)25/h2-8H,9,11H2,1H3,(H,27,28). The maximum atomic E-state index is 13.2. The summed E-state index contributed by atoms with van der Waals surface area (Å²) < 4.78 is 94.9. The van der Waals surface area contributed by atoms with Gasteiger partial charge in [-0.3, -0.25) is 4.79 Å². The molecule has 0 aromatic heterocycles. The van der Waals surface area contributed by atoms with Crippen molar-refractivity contribution in [3.8, 4) is 6.07 Å². The van der Waals surface area contributed by atoms with Crippen LogP contribution in [0.4, 0.5) is 28.2 Å². The number of ether oxygens (including phenoxy) is 1. The van der Waals surface area contributed by atoms with Gasteiger partial charge in [-0.15, -0.1) is 0 Å². The highest BCUT2D eigenvalue weighted by molar-refractivity contribution is 8.45. The third-order valence-corrected chi connectivity index (χ3v) is 5.00. The Labute approximate surface area is 167 Å². The molecule has 0 radical (unpaired) electrons. The van der Waals surface area contributed by atoms with Crippen LogP contribution in [-0.2, 0) is 11.3 Å². The van der Waals surface area contributed by atoms with E-state index in [1.54, 1.807) is 6.07 Å². The zero-order valence-corrected chi connectivity index (χ0v) is 16.1. The molecule has 164 valence electrons. The van der Waals surface area contributed by atoms with Gasteiger partial charge in [0.1, 0.15) is 10.4 Å². The number of carbonyl (C=O) groups is 1. The molecule has 0 fully saturated rings. The van der Waals surface area contributed by atoms with Crippen molar-refractivity contribution >= 4 is 16.1 Å². The molecule has 0 aliphatic rings. The summed E-state index contributed by atoms with van der Waals surface area (Å²) in [5, 5.41) is 11.5. The second kappa shape index (κ2) is 7.17. The molecule has 1 unspecified atom stereocenters. The molecule has 1 atom stereocenters. The van der Waals surface area contributed by atoms with Crippen LogP contribution >= 0.6 is 10.2 Å². The van der Waals surface area contributed by atoms with Crippen molar-refractivity contribution in [1.82, 2.24) is 5.32 Å². The molecule has 30 heavy (non-hydrogen) atoms. The molecule has 0 saturated heterocycles. The Bertz CT molecular complexity index is 1000. The monoisotopic (exact) mass is 456 g/mol. The number of carbonyl (C=O) groups excluding carboxylic acids is 1. The van der Waals surface area contributed by atoms with Crippen molar-refractivity contribution < 1.29 is 37.7 Å². The first-order valence-electron chi connectivity index (χ1n) is 8.13. The third kappa shape index (κ3) is 6.11. The molecule has 1 N–H and O–H groups in total. The smallest absolute Gasteiger partial charge is 0.310 e. The highest BCUT2D eigenvalue weighted by atomic mass is 32.5. The zero-order valence-electron chi connectivity index (χ0n) is 15.3. The van der Waals surface area contributed by atoms with E-state index in [9.17, 15) is 38.3 Å². The number of hydrogen-bond acceptors (Lipinski definition) is 3. The molecule has 2 aromatic carbocycles. The van der Waals surface area contributed by atoms with Gasteiger partial charge < -0.3 is 10.1 Å². The van der Waals surface area contributed by atoms with Crippen LogP contribution in [0, 0.1) is 23.0 Å². The van der Waals surface area contributed by atoms with E-state index in [0.717, 1.165) is 12.1 Å². The molecule has 2 aromatic rings. The maximum Gasteiger partial charge on any atom is 0.310 e. The summed E-state index contributed by atoms with van der Waals surface area (Å²) >= 11 is 0. The molecule has 0 bridgehead atoms. The molecular weight excluding hydrogens is 441 g/mol. The van der Waals surface area contributed by atoms with E-state index in [4.69, 9.17) is 4.74 Å². The summed E-state index contributed by atoms with van der Waals surface area (Å²) in [5.74, 6) is -3.14. The lowest BCUT2D eigenvalue weighted by molar-refractivity contribution is 0.0703. The second-order valence-corrected chi connectivity index (χ2v) is 9.04. The predicted octanol–water partition coefficient (Wildman–Crippen LogP) is 5.85. The molecule has 0 heterocycles. The van der Waals surface area contributed by atoms with E-state index < -0.39 is 44.8 Å². The number of nitrogens with zero attached hydrogens (tertiary/aromatic N) is 1. The van der Waals surface area contributed by atoms with Gasteiger partial charge in [-0.2, -0.15) is 5.26 Å². The predicted molar refractivity (Wildman–Crippen MR) is 95.3 cm³/mol. The number of halogens is 7. The number of nitrogens with one attached hydrogen (secondary N) is 1. The van der Waals surface area contributed by atoms with Crippen LogP contribution in [0.1, 0.15) is 22.8 Å². The number of hydrogen-bond donors (Lipinski definition) is 1. The molecule has 1 amide bonds. The topological polar surface area (TPSA) is 62.1 Å². The fourth-order valence-electron chi connectivity index (χ4n) is 2.28. The highest BCUT2D eigenvalue weighted by Crippen LogP contribution is 3.02. The summed E-state index contributed by atoms with van der Waals surface area (Å²) in [6.45, 7) is 0.625. The van der Waals surface area contributed by atoms with Crippen LogP contribution in [0.15, 0.2) is 47.4 Å². The first-order valence-corrected chi connectivity index (χ1v) is 10.1. The van der Waals surface area contributed by atoms with Gasteiger partial charge in [-0.05, 0) is 48.9 Å². The molecular formula is C18H15F7N2O2S. The molecule has 0 spiro atoms. The lowest BCUT2D eigenvalue weighted by Crippen LogP contribution is -2.48. The van der Waals surface area contributed by atoms with Crippen LogP contribution in [0.2, 0.25) is 0 Å². The van der Waals surface area contributed by atoms with Crippen molar-refractivity contribution in [2.24, 2.45) is 0 Å². The first kappa shape index (κ1) is 23.5. The van der Waals surface area contributed by atoms with Gasteiger partial charge >= 0.3 is 10.2 Å². The van der Waals surface area contributed by atoms with Gasteiger partial charge in [-0.1, -0.05) is 25.5 Å². The Morgan fingerprint density at radius 3 is 2.17 bits per heavy atom. The number of benzene rings is 2. The van der Waals surface area contributed by atoms with Gasteiger partial charge in [0.05, 0.1) is 19.3 Å². The van der Waals surface area contributed by atoms with Crippen LogP contribution in [0.5, 0.6) is 0 Å². The van der Waals surface area contributed by atoms with Crippen LogP contribution < -0.4 is 5.32 Å². The van der Waals surface area contributed by atoms with E-state index in [2.05, 4.69) is 5.32 Å². The van der Waals surface area contributed by atoms with E-state index >= 15 is 0 Å². The lowest BCUT2D eigenvalue weighted by atomic mass is 10.1. The van der Waals surface area contributed by atoms with Crippen LogP contribution in [0.25, 0.3) is 0 Å². The Balaban J connectivity index is 2.04. The van der Waals surface area contributed by atoms with Crippen molar-refractivity contribution in [2.45, 2.75) is 24.0 Å². The van der Waals surface area contributed by atoms with Crippen molar-refractivity contribution in [1.29, 1.82) is 5.26 Å². The summed E-state index contributed by atoms with van der Waals surface area (Å²) in [6, 6.07) is 6.05. The Hall–Kier alpha value is -2.78. The summed E-state index contributed by atoms with van der Waals surface area (Å²) in [4.78, 5) is 10.0. The number of amides is 1. The van der Waals surface area contributed by atoms with Gasteiger partial charge in [0.15, 0.2) is 11.6 Å². The Morgan fingerprint density at radius 1 is 1.07 bits per heavy atom. The van der Waals surface area contributed by atoms with E-state index in [1.807, 2.05) is 0 Å². The van der Waals surface area contributed by atoms with Gasteiger partial charge in [0, 0.05) is 5.56 Å². The van der Waals surface area contributed by atoms with Crippen LogP contribution in [-0.4, -0.2) is 18.1 Å². The third-order valence-electron chi connectivity index (χ3n) is 3.84. The molecule has 0 aliphatic heterocycles. The maximum absolute atomic E-state index is 13.2. The average molecular weight is 456 g/mol. The second-order valence-electron chi connectivity index (χ2n) is 6.63. The minimum atomic E-state index is -9.87. The van der Waals surface area contributed by atoms with E-state index in [-0.39, 0.29) is 29.9 Å².